The summed E-state index contributed by atoms with van der Waals surface area (Å²) in [6.07, 6.45) is 5.44. The monoisotopic (exact) mass is 360 g/mol. The second kappa shape index (κ2) is 6.29. The summed E-state index contributed by atoms with van der Waals surface area (Å²) in [5.74, 6) is -1.52. The molecule has 0 N–H and O–H groups in total. The van der Waals surface area contributed by atoms with Gasteiger partial charge in [-0.1, -0.05) is 35.7 Å². The zero-order chi connectivity index (χ0) is 17.4. The maximum absolute atomic E-state index is 12.6. The van der Waals surface area contributed by atoms with Gasteiger partial charge in [0.05, 0.1) is 27.1 Å². The van der Waals surface area contributed by atoms with Crippen LogP contribution in [-0.2, 0) is 19.2 Å². The van der Waals surface area contributed by atoms with Crippen LogP contribution in [0.15, 0.2) is 57.1 Å². The maximum atomic E-state index is 12.6. The second-order valence-electron chi connectivity index (χ2n) is 4.94. The van der Waals surface area contributed by atoms with Crippen molar-refractivity contribution in [3.8, 4) is 0 Å². The highest BCUT2D eigenvalue weighted by atomic mass is 32.2. The maximum Gasteiger partial charge on any atom is 0.280 e. The lowest BCUT2D eigenvalue weighted by Gasteiger charge is -2.24. The van der Waals surface area contributed by atoms with Gasteiger partial charge in [-0.3, -0.25) is 19.2 Å². The summed E-state index contributed by atoms with van der Waals surface area (Å²) in [6, 6.07) is 0. The number of carbonyl (C=O) groups excluding carboxylic acids is 4. The number of hydrazine groups is 1. The number of allylic oxidation sites excluding steroid dienone is 4. The molecule has 3 rings (SSSR count). The Labute approximate surface area is 146 Å². The fourth-order valence-corrected chi connectivity index (χ4v) is 4.94. The van der Waals surface area contributed by atoms with Crippen LogP contribution >= 0.6 is 23.5 Å². The van der Waals surface area contributed by atoms with Crippen molar-refractivity contribution in [1.29, 1.82) is 0 Å². The molecule has 0 bridgehead atoms. The first-order valence-corrected chi connectivity index (χ1v) is 8.59. The van der Waals surface area contributed by atoms with Gasteiger partial charge in [0.15, 0.2) is 11.6 Å². The standard InChI is InChI=1S/C16H12N2O4S2/c1-3-7-17-14(21)11(15(22)18(17)8-4-2)16-23-12-9(19)5-6-10(20)13(12)24-16/h3-6H,1-2,7-8H2. The van der Waals surface area contributed by atoms with Crippen molar-refractivity contribution in [3.63, 3.8) is 0 Å². The summed E-state index contributed by atoms with van der Waals surface area (Å²) in [5, 5.41) is 2.55. The molecule has 0 spiro atoms. The van der Waals surface area contributed by atoms with E-state index in [9.17, 15) is 19.2 Å². The van der Waals surface area contributed by atoms with Crippen LogP contribution < -0.4 is 0 Å². The predicted octanol–water partition coefficient (Wildman–Crippen LogP) is 1.56. The van der Waals surface area contributed by atoms with Crippen LogP contribution in [0.2, 0.25) is 0 Å². The lowest BCUT2D eigenvalue weighted by Crippen LogP contribution is -2.40. The van der Waals surface area contributed by atoms with Gasteiger partial charge in [0.2, 0.25) is 0 Å². The largest absolute Gasteiger partial charge is 0.289 e. The third-order valence-electron chi connectivity index (χ3n) is 3.43. The van der Waals surface area contributed by atoms with Crippen LogP contribution in [0.25, 0.3) is 0 Å². The fourth-order valence-electron chi connectivity index (χ4n) is 2.38. The smallest absolute Gasteiger partial charge is 0.280 e. The molecule has 8 heteroatoms. The van der Waals surface area contributed by atoms with Crippen molar-refractivity contribution < 1.29 is 19.2 Å². The van der Waals surface area contributed by atoms with E-state index in [4.69, 9.17) is 0 Å². The Bertz CT molecular complexity index is 745. The molecule has 0 atom stereocenters. The number of rotatable bonds is 4. The molecule has 24 heavy (non-hydrogen) atoms. The molecule has 1 fully saturated rings. The van der Waals surface area contributed by atoms with E-state index in [1.54, 1.807) is 0 Å². The SMILES string of the molecule is C=CCN1C(=O)C(=C2SC3=C(S2)C(=O)C=CC3=O)C(=O)N1CC=C. The van der Waals surface area contributed by atoms with Crippen molar-refractivity contribution >= 4 is 46.9 Å². The van der Waals surface area contributed by atoms with Crippen molar-refractivity contribution in [2.24, 2.45) is 0 Å². The van der Waals surface area contributed by atoms with Crippen LogP contribution in [0.5, 0.6) is 0 Å². The summed E-state index contributed by atoms with van der Waals surface area (Å²) in [4.78, 5) is 49.6. The number of hydrogen-bond donors (Lipinski definition) is 0. The highest BCUT2D eigenvalue weighted by Crippen LogP contribution is 2.53. The van der Waals surface area contributed by atoms with Gasteiger partial charge >= 0.3 is 0 Å². The Hall–Kier alpha value is -2.32. The first-order valence-electron chi connectivity index (χ1n) is 6.96. The van der Waals surface area contributed by atoms with Crippen LogP contribution in [0.4, 0.5) is 0 Å². The van der Waals surface area contributed by atoms with Crippen molar-refractivity contribution in [3.05, 3.63) is 57.1 Å². The molecular formula is C16H12N2O4S2. The quantitative estimate of drug-likeness (QED) is 0.328. The van der Waals surface area contributed by atoms with Gasteiger partial charge in [-0.2, -0.15) is 0 Å². The third kappa shape index (κ3) is 2.47. The molecule has 0 saturated carbocycles. The van der Waals surface area contributed by atoms with E-state index < -0.39 is 11.8 Å². The van der Waals surface area contributed by atoms with E-state index in [2.05, 4.69) is 13.2 Å². The van der Waals surface area contributed by atoms with Crippen LogP contribution in [-0.4, -0.2) is 46.5 Å². The molecule has 2 aliphatic heterocycles. The number of ketones is 2. The molecule has 0 aromatic carbocycles. The molecule has 0 aromatic rings. The fraction of sp³-hybridized carbons (Fsp3) is 0.125. The minimum Gasteiger partial charge on any atom is -0.289 e. The topological polar surface area (TPSA) is 74.8 Å². The van der Waals surface area contributed by atoms with E-state index in [0.717, 1.165) is 23.5 Å². The van der Waals surface area contributed by atoms with E-state index in [1.807, 2.05) is 0 Å². The van der Waals surface area contributed by atoms with E-state index >= 15 is 0 Å². The highest BCUT2D eigenvalue weighted by Gasteiger charge is 2.45. The number of carbonyl (C=O) groups is 4. The van der Waals surface area contributed by atoms with E-state index in [0.29, 0.717) is 4.24 Å². The van der Waals surface area contributed by atoms with Crippen molar-refractivity contribution in [1.82, 2.24) is 10.0 Å². The average molecular weight is 360 g/mol. The van der Waals surface area contributed by atoms with Gasteiger partial charge in [-0.05, 0) is 12.2 Å². The number of nitrogens with zero attached hydrogens (tertiary/aromatic N) is 2. The minimum absolute atomic E-state index is 0.0244. The molecule has 0 radical (unpaired) electrons. The highest BCUT2D eigenvalue weighted by molar-refractivity contribution is 8.29. The van der Waals surface area contributed by atoms with Crippen LogP contribution in [0.3, 0.4) is 0 Å². The number of amides is 2. The first-order chi connectivity index (χ1) is 11.5. The first kappa shape index (κ1) is 16.5. The van der Waals surface area contributed by atoms with Crippen LogP contribution in [0.1, 0.15) is 0 Å². The predicted molar refractivity (Wildman–Crippen MR) is 92.2 cm³/mol. The van der Waals surface area contributed by atoms with Crippen molar-refractivity contribution in [2.45, 2.75) is 0 Å². The van der Waals surface area contributed by atoms with Gasteiger partial charge in [-0.15, -0.1) is 13.2 Å². The molecule has 122 valence electrons. The number of hydrogen-bond acceptors (Lipinski definition) is 6. The van der Waals surface area contributed by atoms with Crippen LogP contribution in [0, 0.1) is 0 Å². The molecule has 1 aliphatic carbocycles. The molecule has 2 heterocycles. The average Bonchev–Trinajstić information content (AvgIpc) is 3.08. The molecule has 2 amide bonds. The molecule has 1 saturated heterocycles. The summed E-state index contributed by atoms with van der Waals surface area (Å²) >= 11 is 2.01. The lowest BCUT2D eigenvalue weighted by atomic mass is 10.2. The molecule has 0 aromatic heterocycles. The van der Waals surface area contributed by atoms with Gasteiger partial charge in [-0.25, -0.2) is 10.0 Å². The van der Waals surface area contributed by atoms with E-state index in [1.165, 1.54) is 34.3 Å². The second-order valence-corrected chi connectivity index (χ2v) is 7.24. The molecule has 3 aliphatic rings. The zero-order valence-electron chi connectivity index (χ0n) is 12.5. The Morgan fingerprint density at radius 2 is 1.25 bits per heavy atom. The van der Waals surface area contributed by atoms with Gasteiger partial charge < -0.3 is 0 Å². The number of thioether (sulfide) groups is 2. The van der Waals surface area contributed by atoms with Gasteiger partial charge in [0.1, 0.15) is 5.57 Å². The Morgan fingerprint density at radius 3 is 1.62 bits per heavy atom. The van der Waals surface area contributed by atoms with Gasteiger partial charge in [0, 0.05) is 0 Å². The normalized spacial score (nSPS) is 20.5. The Kier molecular flexibility index (Phi) is 4.33. The molecule has 0 unspecified atom stereocenters. The van der Waals surface area contributed by atoms with E-state index in [-0.39, 0.29) is 40.0 Å². The minimum atomic E-state index is -0.468. The van der Waals surface area contributed by atoms with Gasteiger partial charge in [0.25, 0.3) is 11.8 Å². The molecule has 6 nitrogen and oxygen atoms in total. The summed E-state index contributed by atoms with van der Waals surface area (Å²) in [7, 11) is 0. The summed E-state index contributed by atoms with van der Waals surface area (Å²) in [5.41, 5.74) is -0.0244. The third-order valence-corrected chi connectivity index (χ3v) is 6.05. The Morgan fingerprint density at radius 1 is 0.833 bits per heavy atom. The summed E-state index contributed by atoms with van der Waals surface area (Å²) < 4.78 is 0.362. The lowest BCUT2D eigenvalue weighted by molar-refractivity contribution is -0.144. The van der Waals surface area contributed by atoms with Crippen molar-refractivity contribution in [2.75, 3.05) is 13.1 Å². The zero-order valence-corrected chi connectivity index (χ0v) is 14.1. The molecular weight excluding hydrogens is 348 g/mol. The summed E-state index contributed by atoms with van der Waals surface area (Å²) in [6.45, 7) is 7.53. The Balaban J connectivity index is 1.99.